The summed E-state index contributed by atoms with van der Waals surface area (Å²) in [4.78, 5) is 5.10. The monoisotopic (exact) mass is 305 g/mol. The zero-order valence-corrected chi connectivity index (χ0v) is 16.8. The van der Waals surface area contributed by atoms with E-state index in [4.69, 9.17) is 4.98 Å². The number of rotatable bonds is 2. The van der Waals surface area contributed by atoms with Crippen LogP contribution in [-0.4, -0.2) is 13.8 Å². The van der Waals surface area contributed by atoms with Crippen LogP contribution in [0.25, 0.3) is 4.98 Å². The molecule has 0 N–H and O–H groups in total. The molecule has 1 fully saturated rings. The van der Waals surface area contributed by atoms with Crippen LogP contribution in [0.4, 0.5) is 0 Å². The Morgan fingerprint density at radius 2 is 1.44 bits per heavy atom. The van der Waals surface area contributed by atoms with Gasteiger partial charge in [-0.25, -0.2) is 0 Å². The van der Waals surface area contributed by atoms with Gasteiger partial charge in [-0.05, 0) is 5.92 Å². The summed E-state index contributed by atoms with van der Waals surface area (Å²) in [6.45, 7) is 14.0. The Balaban J connectivity index is -0.000000245. The van der Waals surface area contributed by atoms with E-state index < -0.39 is 8.24 Å². The van der Waals surface area contributed by atoms with Crippen LogP contribution >= 0.6 is 0 Å². The van der Waals surface area contributed by atoms with E-state index in [9.17, 15) is 0 Å². The van der Waals surface area contributed by atoms with E-state index in [1.54, 1.807) is 0 Å². The molecule has 108 valence electrons. The summed E-state index contributed by atoms with van der Waals surface area (Å²) in [5, 5.41) is 0. The number of hydrogen-bond donors (Lipinski definition) is 0. The van der Waals surface area contributed by atoms with Gasteiger partial charge < -0.3 is 27.3 Å². The second kappa shape index (κ2) is 9.74. The van der Waals surface area contributed by atoms with Crippen molar-refractivity contribution in [2.24, 2.45) is 5.92 Å². The Hall–Kier alpha value is 0.891. The molecule has 18 heavy (non-hydrogen) atoms. The zero-order valence-electron chi connectivity index (χ0n) is 14.2. The Bertz CT molecular complexity index is 199. The van der Waals surface area contributed by atoms with Crippen molar-refractivity contribution in [3.05, 3.63) is 27.3 Å². The normalized spacial score (nSPS) is 23.0. The van der Waals surface area contributed by atoms with Crippen molar-refractivity contribution in [1.82, 2.24) is 0 Å². The summed E-state index contributed by atoms with van der Waals surface area (Å²) in [6.07, 6.45) is 4.29. The van der Waals surface area contributed by atoms with Crippen LogP contribution < -0.4 is 0 Å². The van der Waals surface area contributed by atoms with Crippen molar-refractivity contribution in [2.45, 2.75) is 71.1 Å². The second-order valence-electron chi connectivity index (χ2n) is 6.55. The summed E-state index contributed by atoms with van der Waals surface area (Å²) in [7, 11) is -1.32. The van der Waals surface area contributed by atoms with E-state index in [1.807, 2.05) is 0 Å². The van der Waals surface area contributed by atoms with Crippen LogP contribution in [0, 0.1) is 28.2 Å². The van der Waals surface area contributed by atoms with Crippen molar-refractivity contribution in [3.8, 4) is 0 Å². The molecule has 0 heterocycles. The maximum atomic E-state index is 5.10. The Morgan fingerprint density at radius 3 is 1.72 bits per heavy atom. The van der Waals surface area contributed by atoms with Crippen LogP contribution in [0.1, 0.15) is 47.0 Å². The van der Waals surface area contributed by atoms with E-state index in [2.05, 4.69) is 40.8 Å². The smallest absolute Gasteiger partial charge is 0.660 e. The molecule has 1 nitrogen and oxygen atoms in total. The van der Waals surface area contributed by atoms with Gasteiger partial charge in [-0.1, -0.05) is 73.8 Å². The SMILES string of the molecule is CC1CCC([Si](C)(C)[N-]C(C)(C)C)C1.[CH3-].[CH3-].[CH3-].[Ti+4]. The zero-order chi connectivity index (χ0) is 11.0. The minimum absolute atomic E-state index is 0. The third-order valence-corrected chi connectivity index (χ3v) is 7.09. The third-order valence-electron chi connectivity index (χ3n) is 3.32. The van der Waals surface area contributed by atoms with Gasteiger partial charge in [-0.3, -0.25) is 0 Å². The van der Waals surface area contributed by atoms with Crippen molar-refractivity contribution in [2.75, 3.05) is 0 Å². The molecular weight excluding hydrogens is 270 g/mol. The van der Waals surface area contributed by atoms with Gasteiger partial charge in [0.1, 0.15) is 0 Å². The molecule has 0 amide bonds. The fourth-order valence-corrected chi connectivity index (χ4v) is 6.57. The molecule has 1 aliphatic carbocycles. The van der Waals surface area contributed by atoms with E-state index in [1.165, 1.54) is 19.3 Å². The van der Waals surface area contributed by atoms with Crippen LogP contribution in [0.2, 0.25) is 18.6 Å². The van der Waals surface area contributed by atoms with Gasteiger partial charge in [0.05, 0.1) is 0 Å². The Morgan fingerprint density at radius 1 is 1.00 bits per heavy atom. The molecule has 3 heteroatoms. The first kappa shape index (κ1) is 27.3. The second-order valence-corrected chi connectivity index (χ2v) is 10.9. The summed E-state index contributed by atoms with van der Waals surface area (Å²) >= 11 is 0. The molecule has 2 unspecified atom stereocenters. The minimum atomic E-state index is -1.32. The Kier molecular flexibility index (Phi) is 14.8. The van der Waals surface area contributed by atoms with Crippen molar-refractivity contribution in [3.63, 3.8) is 0 Å². The fourth-order valence-electron chi connectivity index (χ4n) is 2.80. The topological polar surface area (TPSA) is 14.1 Å². The fraction of sp³-hybridized carbons (Fsp3) is 0.800. The van der Waals surface area contributed by atoms with Gasteiger partial charge in [0, 0.05) is 0 Å². The molecule has 0 aromatic heterocycles. The van der Waals surface area contributed by atoms with Crippen LogP contribution in [-0.2, 0) is 21.7 Å². The quantitative estimate of drug-likeness (QED) is 0.445. The van der Waals surface area contributed by atoms with Crippen LogP contribution in [0.3, 0.4) is 0 Å². The number of hydrogen-bond acceptors (Lipinski definition) is 0. The molecule has 0 aromatic rings. The maximum Gasteiger partial charge on any atom is 4.00 e. The van der Waals surface area contributed by atoms with E-state index in [-0.39, 0.29) is 49.5 Å². The standard InChI is InChI=1S/C12H26NSi.3CH3.Ti/c1-10-7-8-11(9-10)14(5,6)13-12(2,3)4;;;;/h10-11H,7-9H2,1-6H3;3*1H3;/q4*-1;+4. The van der Waals surface area contributed by atoms with Crippen molar-refractivity contribution >= 4 is 8.24 Å². The maximum absolute atomic E-state index is 5.10. The first-order valence-corrected chi connectivity index (χ1v) is 8.97. The Labute approximate surface area is 134 Å². The summed E-state index contributed by atoms with van der Waals surface area (Å²) < 4.78 is 0. The molecule has 0 aromatic carbocycles. The third kappa shape index (κ3) is 8.90. The van der Waals surface area contributed by atoms with Gasteiger partial charge in [0.15, 0.2) is 0 Å². The van der Waals surface area contributed by atoms with E-state index in [0.717, 1.165) is 11.5 Å². The number of nitrogens with zero attached hydrogens (tertiary/aromatic N) is 1. The van der Waals surface area contributed by atoms with Gasteiger partial charge in [0.2, 0.25) is 0 Å². The van der Waals surface area contributed by atoms with Gasteiger partial charge in [-0.15, -0.1) is 5.54 Å². The van der Waals surface area contributed by atoms with Gasteiger partial charge >= 0.3 is 21.7 Å². The molecule has 0 saturated heterocycles. The van der Waals surface area contributed by atoms with Crippen molar-refractivity contribution < 1.29 is 21.7 Å². The molecule has 0 spiro atoms. The van der Waals surface area contributed by atoms with E-state index >= 15 is 0 Å². The molecule has 0 aliphatic heterocycles. The molecule has 0 radical (unpaired) electrons. The molecular formula is C15H35NSiTi. The average Bonchev–Trinajstić information content (AvgIpc) is 2.29. The molecule has 2 atom stereocenters. The summed E-state index contributed by atoms with van der Waals surface area (Å²) in [5.74, 6) is 0.946. The van der Waals surface area contributed by atoms with Gasteiger partial charge in [-0.2, -0.15) is 0 Å². The first-order valence-electron chi connectivity index (χ1n) is 5.95. The molecule has 0 bridgehead atoms. The first-order chi connectivity index (χ1) is 6.21. The van der Waals surface area contributed by atoms with E-state index in [0.29, 0.717) is 0 Å². The summed E-state index contributed by atoms with van der Waals surface area (Å²) in [5.41, 5.74) is 1.11. The minimum Gasteiger partial charge on any atom is -0.660 e. The molecule has 1 aliphatic rings. The predicted molar refractivity (Wildman–Crippen MR) is 86.6 cm³/mol. The average molecular weight is 305 g/mol. The largest absolute Gasteiger partial charge is 4.00 e. The van der Waals surface area contributed by atoms with Crippen molar-refractivity contribution in [1.29, 1.82) is 0 Å². The molecule has 1 saturated carbocycles. The van der Waals surface area contributed by atoms with Crippen LogP contribution in [0.5, 0.6) is 0 Å². The summed E-state index contributed by atoms with van der Waals surface area (Å²) in [6, 6.07) is 0. The predicted octanol–water partition coefficient (Wildman–Crippen LogP) is 5.90. The van der Waals surface area contributed by atoms with Gasteiger partial charge in [0.25, 0.3) is 0 Å². The molecule has 1 rings (SSSR count). The van der Waals surface area contributed by atoms with Crippen LogP contribution in [0.15, 0.2) is 0 Å².